The van der Waals surface area contributed by atoms with Crippen LogP contribution in [-0.2, 0) is 18.8 Å². The van der Waals surface area contributed by atoms with E-state index in [1.807, 2.05) is 13.1 Å². The third-order valence-corrected chi connectivity index (χ3v) is 7.91. The van der Waals surface area contributed by atoms with Gasteiger partial charge in [0.1, 0.15) is 5.60 Å². The number of carboxylic acids is 1. The van der Waals surface area contributed by atoms with Gasteiger partial charge in [0.05, 0.1) is 6.61 Å². The zero-order valence-corrected chi connectivity index (χ0v) is 14.9. The summed E-state index contributed by atoms with van der Waals surface area (Å²) in [4.78, 5) is 23.1. The van der Waals surface area contributed by atoms with E-state index >= 15 is 0 Å². The maximum atomic E-state index is 11.9. The van der Waals surface area contributed by atoms with Crippen molar-refractivity contribution >= 4 is 20.3 Å². The summed E-state index contributed by atoms with van der Waals surface area (Å²) in [5.74, 6) is -3.23. The Hall–Kier alpha value is -0.883. The SMILES string of the molecule is CC(C)(C)OC(=O)C(CO[Si](C)(C)C(C)(C)C)C(=O)O. The first-order chi connectivity index (χ1) is 8.67. The molecule has 1 unspecified atom stereocenters. The minimum atomic E-state index is -2.09. The molecule has 1 atom stereocenters. The average molecular weight is 304 g/mol. The molecule has 0 amide bonds. The lowest BCUT2D eigenvalue weighted by atomic mass is 10.1. The second-order valence-electron chi connectivity index (χ2n) is 7.50. The standard InChI is InChI=1S/C14H28O5Si/c1-13(2,3)19-12(17)10(11(15)16)9-18-20(7,8)14(4,5)6/h10H,9H2,1-8H3,(H,15,16). The van der Waals surface area contributed by atoms with Crippen LogP contribution < -0.4 is 0 Å². The number of carboxylic acid groups (broad SMARTS) is 1. The van der Waals surface area contributed by atoms with Crippen molar-refractivity contribution in [3.63, 3.8) is 0 Å². The molecule has 0 rings (SSSR count). The van der Waals surface area contributed by atoms with E-state index in [1.165, 1.54) is 0 Å². The highest BCUT2D eigenvalue weighted by Gasteiger charge is 2.40. The van der Waals surface area contributed by atoms with Crippen LogP contribution in [0.5, 0.6) is 0 Å². The third kappa shape index (κ3) is 6.05. The van der Waals surface area contributed by atoms with Crippen LogP contribution in [0.4, 0.5) is 0 Å². The van der Waals surface area contributed by atoms with Crippen LogP contribution in [0.1, 0.15) is 41.5 Å². The molecule has 0 spiro atoms. The minimum Gasteiger partial charge on any atom is -0.481 e. The Morgan fingerprint density at radius 1 is 1.10 bits per heavy atom. The molecule has 0 aliphatic heterocycles. The summed E-state index contributed by atoms with van der Waals surface area (Å²) in [5.41, 5.74) is -0.707. The van der Waals surface area contributed by atoms with Gasteiger partial charge in [-0.2, -0.15) is 0 Å². The fourth-order valence-electron chi connectivity index (χ4n) is 1.12. The van der Waals surface area contributed by atoms with Crippen molar-refractivity contribution in [2.24, 2.45) is 5.92 Å². The Labute approximate surface area is 122 Å². The number of ether oxygens (including phenoxy) is 1. The number of esters is 1. The van der Waals surface area contributed by atoms with Crippen molar-refractivity contribution in [3.8, 4) is 0 Å². The van der Waals surface area contributed by atoms with Crippen molar-refractivity contribution in [3.05, 3.63) is 0 Å². The lowest BCUT2D eigenvalue weighted by Crippen LogP contribution is -2.44. The maximum Gasteiger partial charge on any atom is 0.323 e. The molecular weight excluding hydrogens is 276 g/mol. The predicted molar refractivity (Wildman–Crippen MR) is 80.1 cm³/mol. The van der Waals surface area contributed by atoms with Gasteiger partial charge >= 0.3 is 11.9 Å². The maximum absolute atomic E-state index is 11.9. The number of hydrogen-bond donors (Lipinski definition) is 1. The van der Waals surface area contributed by atoms with E-state index < -0.39 is 31.8 Å². The molecule has 0 aromatic heterocycles. The summed E-state index contributed by atoms with van der Waals surface area (Å²) in [6.07, 6.45) is 0. The average Bonchev–Trinajstić information content (AvgIpc) is 2.11. The first-order valence-corrected chi connectivity index (χ1v) is 9.68. The van der Waals surface area contributed by atoms with E-state index in [0.717, 1.165) is 0 Å². The molecule has 0 aromatic rings. The fourth-order valence-corrected chi connectivity index (χ4v) is 2.14. The predicted octanol–water partition coefficient (Wildman–Crippen LogP) is 3.05. The van der Waals surface area contributed by atoms with Gasteiger partial charge in [0, 0.05) is 0 Å². The number of carbonyl (C=O) groups excluding carboxylic acids is 1. The number of aliphatic carboxylic acids is 1. The molecule has 20 heavy (non-hydrogen) atoms. The van der Waals surface area contributed by atoms with Gasteiger partial charge in [-0.25, -0.2) is 0 Å². The molecule has 1 N–H and O–H groups in total. The van der Waals surface area contributed by atoms with Crippen LogP contribution >= 0.6 is 0 Å². The quantitative estimate of drug-likeness (QED) is 0.480. The Bertz CT molecular complexity index is 363. The summed E-state index contributed by atoms with van der Waals surface area (Å²) in [7, 11) is -2.09. The Morgan fingerprint density at radius 3 is 1.85 bits per heavy atom. The van der Waals surface area contributed by atoms with E-state index in [9.17, 15) is 14.7 Å². The van der Waals surface area contributed by atoms with Crippen LogP contribution in [0.15, 0.2) is 0 Å². The molecule has 0 aliphatic rings. The van der Waals surface area contributed by atoms with Gasteiger partial charge in [0.2, 0.25) is 0 Å². The van der Waals surface area contributed by atoms with Crippen molar-refractivity contribution in [1.29, 1.82) is 0 Å². The summed E-state index contributed by atoms with van der Waals surface area (Å²) in [5, 5.41) is 9.14. The number of rotatable bonds is 5. The highest BCUT2D eigenvalue weighted by molar-refractivity contribution is 6.74. The fraction of sp³-hybridized carbons (Fsp3) is 0.857. The van der Waals surface area contributed by atoms with Gasteiger partial charge in [0.15, 0.2) is 14.2 Å². The molecule has 5 nitrogen and oxygen atoms in total. The molecule has 0 heterocycles. The Balaban J connectivity index is 4.83. The van der Waals surface area contributed by atoms with E-state index in [1.54, 1.807) is 20.8 Å². The van der Waals surface area contributed by atoms with Gasteiger partial charge in [-0.3, -0.25) is 9.59 Å². The molecule has 0 aliphatic carbocycles. The van der Waals surface area contributed by atoms with Crippen LogP contribution in [-0.4, -0.2) is 37.6 Å². The van der Waals surface area contributed by atoms with Crippen molar-refractivity contribution < 1.29 is 23.9 Å². The first-order valence-electron chi connectivity index (χ1n) is 6.77. The molecule has 0 bridgehead atoms. The zero-order chi connectivity index (χ0) is 16.4. The monoisotopic (exact) mass is 304 g/mol. The van der Waals surface area contributed by atoms with Gasteiger partial charge in [-0.05, 0) is 38.9 Å². The van der Waals surface area contributed by atoms with Crippen LogP contribution in [0.2, 0.25) is 18.1 Å². The topological polar surface area (TPSA) is 72.8 Å². The van der Waals surface area contributed by atoms with E-state index in [2.05, 4.69) is 20.8 Å². The molecule has 0 saturated heterocycles. The van der Waals surface area contributed by atoms with Crippen LogP contribution in [0, 0.1) is 5.92 Å². The summed E-state index contributed by atoms with van der Waals surface area (Å²) in [6, 6.07) is 0. The van der Waals surface area contributed by atoms with Crippen molar-refractivity contribution in [1.82, 2.24) is 0 Å². The van der Waals surface area contributed by atoms with Gasteiger partial charge in [0.25, 0.3) is 0 Å². The normalized spacial score (nSPS) is 14.8. The Morgan fingerprint density at radius 2 is 1.55 bits per heavy atom. The lowest BCUT2D eigenvalue weighted by Gasteiger charge is -2.36. The Kier molecular flexibility index (Phi) is 5.98. The van der Waals surface area contributed by atoms with Crippen LogP contribution in [0.3, 0.4) is 0 Å². The zero-order valence-electron chi connectivity index (χ0n) is 13.9. The molecular formula is C14H28O5Si. The smallest absolute Gasteiger partial charge is 0.323 e. The van der Waals surface area contributed by atoms with Crippen molar-refractivity contribution in [2.45, 2.75) is 65.3 Å². The summed E-state index contributed by atoms with van der Waals surface area (Å²) < 4.78 is 10.9. The molecule has 0 aromatic carbocycles. The molecule has 0 saturated carbocycles. The third-order valence-electron chi connectivity index (χ3n) is 3.41. The summed E-state index contributed by atoms with van der Waals surface area (Å²) in [6.45, 7) is 15.2. The minimum absolute atomic E-state index is 0.0377. The van der Waals surface area contributed by atoms with Crippen LogP contribution in [0.25, 0.3) is 0 Å². The molecule has 118 valence electrons. The van der Waals surface area contributed by atoms with E-state index in [4.69, 9.17) is 9.16 Å². The van der Waals surface area contributed by atoms with Gasteiger partial charge in [-0.1, -0.05) is 20.8 Å². The second-order valence-corrected chi connectivity index (χ2v) is 12.3. The van der Waals surface area contributed by atoms with Crippen molar-refractivity contribution in [2.75, 3.05) is 6.61 Å². The van der Waals surface area contributed by atoms with E-state index in [-0.39, 0.29) is 11.6 Å². The lowest BCUT2D eigenvalue weighted by molar-refractivity contribution is -0.168. The largest absolute Gasteiger partial charge is 0.481 e. The van der Waals surface area contributed by atoms with Gasteiger partial charge in [-0.15, -0.1) is 0 Å². The molecule has 0 fully saturated rings. The molecule has 0 radical (unpaired) electrons. The molecule has 6 heteroatoms. The number of hydrogen-bond acceptors (Lipinski definition) is 4. The first kappa shape index (κ1) is 19.1. The van der Waals surface area contributed by atoms with Gasteiger partial charge < -0.3 is 14.3 Å². The summed E-state index contributed by atoms with van der Waals surface area (Å²) >= 11 is 0. The highest BCUT2D eigenvalue weighted by atomic mass is 28.4. The second kappa shape index (κ2) is 6.26. The van der Waals surface area contributed by atoms with E-state index in [0.29, 0.717) is 0 Å². The number of carbonyl (C=O) groups is 2. The highest BCUT2D eigenvalue weighted by Crippen LogP contribution is 2.36.